The standard InChI is InChI=1S/C20H19ClN2O3/c1-25-18-8-5-15(12-19(18)26-2)9-10-23-20(24)16(13-22)11-14-3-6-17(21)7-4-14/h3-8,11-12H,9-10H2,1-2H3,(H,23,24)/b16-11+. The molecule has 2 aromatic carbocycles. The lowest BCUT2D eigenvalue weighted by molar-refractivity contribution is -0.117. The van der Waals surface area contributed by atoms with Gasteiger partial charge in [0, 0.05) is 11.6 Å². The van der Waals surface area contributed by atoms with E-state index in [1.165, 1.54) is 6.08 Å². The van der Waals surface area contributed by atoms with E-state index in [9.17, 15) is 10.1 Å². The van der Waals surface area contributed by atoms with Crippen molar-refractivity contribution in [2.45, 2.75) is 6.42 Å². The monoisotopic (exact) mass is 370 g/mol. The Morgan fingerprint density at radius 2 is 1.85 bits per heavy atom. The number of carbonyl (C=O) groups excluding carboxylic acids is 1. The van der Waals surface area contributed by atoms with Gasteiger partial charge in [-0.15, -0.1) is 0 Å². The number of halogens is 1. The molecular weight excluding hydrogens is 352 g/mol. The summed E-state index contributed by atoms with van der Waals surface area (Å²) in [6.07, 6.45) is 2.13. The van der Waals surface area contributed by atoms with Crippen LogP contribution < -0.4 is 14.8 Å². The van der Waals surface area contributed by atoms with Crippen LogP contribution in [0.2, 0.25) is 5.02 Å². The molecule has 0 aliphatic rings. The van der Waals surface area contributed by atoms with Gasteiger partial charge in [0.2, 0.25) is 0 Å². The quantitative estimate of drug-likeness (QED) is 0.596. The summed E-state index contributed by atoms with van der Waals surface area (Å²) in [5.74, 6) is 0.873. The van der Waals surface area contributed by atoms with Gasteiger partial charge in [0.25, 0.3) is 5.91 Å². The van der Waals surface area contributed by atoms with Crippen LogP contribution in [0.1, 0.15) is 11.1 Å². The van der Waals surface area contributed by atoms with Crippen molar-refractivity contribution in [3.05, 3.63) is 64.2 Å². The fraction of sp³-hybridized carbons (Fsp3) is 0.200. The summed E-state index contributed by atoms with van der Waals surface area (Å²) >= 11 is 5.83. The molecule has 134 valence electrons. The molecule has 0 atom stereocenters. The first kappa shape index (κ1) is 19.4. The Labute approximate surface area is 157 Å². The fourth-order valence-electron chi connectivity index (χ4n) is 2.33. The number of carbonyl (C=O) groups is 1. The van der Waals surface area contributed by atoms with Gasteiger partial charge in [-0.05, 0) is 47.9 Å². The summed E-state index contributed by atoms with van der Waals surface area (Å²) in [4.78, 5) is 12.2. The van der Waals surface area contributed by atoms with Crippen molar-refractivity contribution in [3.8, 4) is 17.6 Å². The molecule has 1 amide bonds. The van der Waals surface area contributed by atoms with E-state index in [1.807, 2.05) is 24.3 Å². The Morgan fingerprint density at radius 3 is 2.46 bits per heavy atom. The number of hydrogen-bond acceptors (Lipinski definition) is 4. The molecule has 5 nitrogen and oxygen atoms in total. The molecule has 6 heteroatoms. The Balaban J connectivity index is 1.97. The average molecular weight is 371 g/mol. The summed E-state index contributed by atoms with van der Waals surface area (Å²) in [5.41, 5.74) is 1.77. The minimum absolute atomic E-state index is 0.0413. The van der Waals surface area contributed by atoms with E-state index in [2.05, 4.69) is 5.32 Å². The number of ether oxygens (including phenoxy) is 2. The first-order chi connectivity index (χ1) is 12.6. The van der Waals surface area contributed by atoms with Crippen LogP contribution in [0.5, 0.6) is 11.5 Å². The van der Waals surface area contributed by atoms with Gasteiger partial charge in [-0.2, -0.15) is 5.26 Å². The van der Waals surface area contributed by atoms with E-state index in [1.54, 1.807) is 38.5 Å². The number of rotatable bonds is 7. The van der Waals surface area contributed by atoms with E-state index in [0.717, 1.165) is 11.1 Å². The van der Waals surface area contributed by atoms with Gasteiger partial charge in [0.15, 0.2) is 11.5 Å². The molecule has 0 unspecified atom stereocenters. The Hall–Kier alpha value is -2.97. The molecule has 2 aromatic rings. The van der Waals surface area contributed by atoms with E-state index in [0.29, 0.717) is 29.5 Å². The summed E-state index contributed by atoms with van der Waals surface area (Å²) in [6.45, 7) is 0.397. The molecule has 0 aliphatic heterocycles. The second-order valence-electron chi connectivity index (χ2n) is 5.42. The highest BCUT2D eigenvalue weighted by molar-refractivity contribution is 6.30. The van der Waals surface area contributed by atoms with Crippen molar-refractivity contribution in [1.82, 2.24) is 5.32 Å². The summed E-state index contributed by atoms with van der Waals surface area (Å²) in [6, 6.07) is 14.4. The van der Waals surface area contributed by atoms with E-state index >= 15 is 0 Å². The van der Waals surface area contributed by atoms with E-state index in [-0.39, 0.29) is 5.57 Å². The molecular formula is C20H19ClN2O3. The smallest absolute Gasteiger partial charge is 0.261 e. The second kappa shape index (κ2) is 9.50. The van der Waals surface area contributed by atoms with Crippen LogP contribution in [0.4, 0.5) is 0 Å². The third kappa shape index (κ3) is 5.27. The largest absolute Gasteiger partial charge is 0.493 e. The average Bonchev–Trinajstić information content (AvgIpc) is 2.67. The predicted octanol–water partition coefficient (Wildman–Crippen LogP) is 3.62. The Morgan fingerprint density at radius 1 is 1.15 bits per heavy atom. The molecule has 0 spiro atoms. The van der Waals surface area contributed by atoms with Gasteiger partial charge in [-0.3, -0.25) is 4.79 Å². The summed E-state index contributed by atoms with van der Waals surface area (Å²) < 4.78 is 10.5. The first-order valence-corrected chi connectivity index (χ1v) is 8.31. The van der Waals surface area contributed by atoms with Gasteiger partial charge >= 0.3 is 0 Å². The Kier molecular flexibility index (Phi) is 7.07. The highest BCUT2D eigenvalue weighted by Gasteiger charge is 2.09. The van der Waals surface area contributed by atoms with Gasteiger partial charge < -0.3 is 14.8 Å². The van der Waals surface area contributed by atoms with Crippen molar-refractivity contribution in [3.63, 3.8) is 0 Å². The van der Waals surface area contributed by atoms with Crippen LogP contribution in [-0.4, -0.2) is 26.7 Å². The molecule has 0 heterocycles. The lowest BCUT2D eigenvalue weighted by Crippen LogP contribution is -2.26. The van der Waals surface area contributed by atoms with Crippen molar-refractivity contribution >= 4 is 23.6 Å². The molecule has 0 aromatic heterocycles. The molecule has 0 saturated heterocycles. The maximum Gasteiger partial charge on any atom is 0.261 e. The molecule has 0 fully saturated rings. The number of nitriles is 1. The number of nitrogens with one attached hydrogen (secondary N) is 1. The molecule has 0 radical (unpaired) electrons. The summed E-state index contributed by atoms with van der Waals surface area (Å²) in [5, 5.41) is 12.6. The first-order valence-electron chi connectivity index (χ1n) is 7.94. The maximum atomic E-state index is 12.2. The number of methoxy groups -OCH3 is 2. The molecule has 1 N–H and O–H groups in total. The Bertz CT molecular complexity index is 839. The maximum absolute atomic E-state index is 12.2. The number of hydrogen-bond donors (Lipinski definition) is 1. The van der Waals surface area contributed by atoms with Crippen LogP contribution in [0.15, 0.2) is 48.0 Å². The number of benzene rings is 2. The minimum Gasteiger partial charge on any atom is -0.493 e. The fourth-order valence-corrected chi connectivity index (χ4v) is 2.45. The number of amides is 1. The zero-order valence-electron chi connectivity index (χ0n) is 14.6. The molecule has 0 aliphatic carbocycles. The van der Waals surface area contributed by atoms with E-state index in [4.69, 9.17) is 21.1 Å². The summed E-state index contributed by atoms with van der Waals surface area (Å²) in [7, 11) is 3.15. The van der Waals surface area contributed by atoms with Crippen LogP contribution >= 0.6 is 11.6 Å². The third-order valence-electron chi connectivity index (χ3n) is 3.69. The SMILES string of the molecule is COc1ccc(CCNC(=O)/C(C#N)=C/c2ccc(Cl)cc2)cc1OC. The van der Waals surface area contributed by atoms with Gasteiger partial charge in [0.05, 0.1) is 14.2 Å². The molecule has 2 rings (SSSR count). The second-order valence-corrected chi connectivity index (χ2v) is 5.85. The highest BCUT2D eigenvalue weighted by atomic mass is 35.5. The zero-order valence-corrected chi connectivity index (χ0v) is 15.3. The van der Waals surface area contributed by atoms with Gasteiger partial charge in [-0.25, -0.2) is 0 Å². The van der Waals surface area contributed by atoms with Crippen molar-refractivity contribution in [2.75, 3.05) is 20.8 Å². The molecule has 0 saturated carbocycles. The number of nitrogens with zero attached hydrogens (tertiary/aromatic N) is 1. The van der Waals surface area contributed by atoms with Crippen molar-refractivity contribution < 1.29 is 14.3 Å². The highest BCUT2D eigenvalue weighted by Crippen LogP contribution is 2.27. The van der Waals surface area contributed by atoms with Crippen LogP contribution in [0.3, 0.4) is 0 Å². The van der Waals surface area contributed by atoms with Crippen molar-refractivity contribution in [2.24, 2.45) is 0 Å². The van der Waals surface area contributed by atoms with Crippen LogP contribution in [0, 0.1) is 11.3 Å². The minimum atomic E-state index is -0.414. The lowest BCUT2D eigenvalue weighted by atomic mass is 10.1. The predicted molar refractivity (Wildman–Crippen MR) is 101 cm³/mol. The third-order valence-corrected chi connectivity index (χ3v) is 3.95. The topological polar surface area (TPSA) is 71.3 Å². The van der Waals surface area contributed by atoms with Gasteiger partial charge in [0.1, 0.15) is 11.6 Å². The van der Waals surface area contributed by atoms with Crippen molar-refractivity contribution in [1.29, 1.82) is 5.26 Å². The van der Waals surface area contributed by atoms with Gasteiger partial charge in [-0.1, -0.05) is 29.8 Å². The molecule has 26 heavy (non-hydrogen) atoms. The normalized spacial score (nSPS) is 10.8. The molecule has 0 bridgehead atoms. The van der Waals surface area contributed by atoms with Crippen LogP contribution in [-0.2, 0) is 11.2 Å². The lowest BCUT2D eigenvalue weighted by Gasteiger charge is -2.10. The zero-order chi connectivity index (χ0) is 18.9. The van der Waals surface area contributed by atoms with E-state index < -0.39 is 5.91 Å². The van der Waals surface area contributed by atoms with Crippen LogP contribution in [0.25, 0.3) is 6.08 Å².